The second kappa shape index (κ2) is 7.51. The van der Waals surface area contributed by atoms with Crippen molar-refractivity contribution in [2.24, 2.45) is 0 Å². The third kappa shape index (κ3) is 2.99. The number of hydrogen-bond donors (Lipinski definition) is 1. The van der Waals surface area contributed by atoms with E-state index in [2.05, 4.69) is 5.10 Å². The quantitative estimate of drug-likeness (QED) is 0.677. The van der Waals surface area contributed by atoms with Crippen LogP contribution >= 0.6 is 0 Å². The Morgan fingerprint density at radius 3 is 2.41 bits per heavy atom. The molecule has 1 amide bonds. The van der Waals surface area contributed by atoms with Gasteiger partial charge in [0.2, 0.25) is 5.43 Å². The molecule has 3 heterocycles. The number of aromatic nitrogens is 2. The lowest BCUT2D eigenvalue weighted by Gasteiger charge is -2.42. The van der Waals surface area contributed by atoms with Crippen molar-refractivity contribution in [3.8, 4) is 5.75 Å². The lowest BCUT2D eigenvalue weighted by Crippen LogP contribution is -2.51. The summed E-state index contributed by atoms with van der Waals surface area (Å²) in [5.74, 6) is -4.43. The predicted molar refractivity (Wildman–Crippen MR) is 108 cm³/mol. The molecular weight excluding hydrogens is 423 g/mol. The highest BCUT2D eigenvalue weighted by Gasteiger charge is 2.49. The molecule has 0 aliphatic carbocycles. The molecule has 9 heteroatoms. The Kier molecular flexibility index (Phi) is 4.76. The first-order valence-corrected chi connectivity index (χ1v) is 10.2. The van der Waals surface area contributed by atoms with Gasteiger partial charge in [0.15, 0.2) is 11.4 Å². The monoisotopic (exact) mass is 441 g/mol. The zero-order valence-electron chi connectivity index (χ0n) is 16.7. The minimum absolute atomic E-state index is 0.253. The summed E-state index contributed by atoms with van der Waals surface area (Å²) in [5, 5.41) is 14.5. The number of nitrogens with zero attached hydrogens (tertiary/aromatic N) is 3. The largest absolute Gasteiger partial charge is 0.502 e. The molecule has 1 aromatic heterocycles. The van der Waals surface area contributed by atoms with Gasteiger partial charge >= 0.3 is 0 Å². The first-order valence-electron chi connectivity index (χ1n) is 10.2. The van der Waals surface area contributed by atoms with Crippen LogP contribution in [0.4, 0.5) is 13.2 Å². The molecule has 0 radical (unpaired) electrons. The zero-order chi connectivity index (χ0) is 22.6. The number of hydrogen-bond acceptors (Lipinski definition) is 4. The summed E-state index contributed by atoms with van der Waals surface area (Å²) >= 11 is 0. The standard InChI is InChI=1S/C23H18F3N3O3/c24-13-8-6-12(7-9-13)18(19-14(25)3-1-4-15(19)26)20-16-5-2-10-28(16)23(32)21-22(31)17(30)11-27-29(20)21/h1,3-4,6-9,11,16,18,20,31H,2,5,10H2/t16-,18-,20-/m1/s1. The van der Waals surface area contributed by atoms with Crippen LogP contribution in [0.15, 0.2) is 53.5 Å². The summed E-state index contributed by atoms with van der Waals surface area (Å²) in [7, 11) is 0. The summed E-state index contributed by atoms with van der Waals surface area (Å²) < 4.78 is 44.9. The molecule has 1 fully saturated rings. The number of amides is 1. The molecule has 2 aliphatic rings. The van der Waals surface area contributed by atoms with Gasteiger partial charge in [-0.25, -0.2) is 13.2 Å². The van der Waals surface area contributed by atoms with Gasteiger partial charge < -0.3 is 10.0 Å². The molecule has 0 spiro atoms. The molecule has 0 unspecified atom stereocenters. The van der Waals surface area contributed by atoms with Crippen LogP contribution in [-0.2, 0) is 0 Å². The van der Waals surface area contributed by atoms with Crippen LogP contribution in [0.1, 0.15) is 46.4 Å². The maximum atomic E-state index is 15.0. The maximum Gasteiger partial charge on any atom is 0.276 e. The zero-order valence-corrected chi connectivity index (χ0v) is 16.7. The fraction of sp³-hybridized carbons (Fsp3) is 0.261. The van der Waals surface area contributed by atoms with Gasteiger partial charge in [-0.05, 0) is 42.7 Å². The van der Waals surface area contributed by atoms with Crippen molar-refractivity contribution >= 4 is 5.91 Å². The van der Waals surface area contributed by atoms with Crippen LogP contribution in [0, 0.1) is 17.5 Å². The van der Waals surface area contributed by atoms with E-state index in [1.165, 1.54) is 39.9 Å². The fourth-order valence-electron chi connectivity index (χ4n) is 4.96. The number of halogens is 3. The van der Waals surface area contributed by atoms with E-state index in [-0.39, 0.29) is 11.3 Å². The Morgan fingerprint density at radius 1 is 1.03 bits per heavy atom. The lowest BCUT2D eigenvalue weighted by molar-refractivity contribution is 0.0563. The molecule has 2 aliphatic heterocycles. The number of rotatable bonds is 3. The average molecular weight is 441 g/mol. The highest BCUT2D eigenvalue weighted by molar-refractivity contribution is 5.96. The second-order valence-corrected chi connectivity index (χ2v) is 8.01. The third-order valence-electron chi connectivity index (χ3n) is 6.31. The van der Waals surface area contributed by atoms with Crippen LogP contribution in [0.25, 0.3) is 0 Å². The predicted octanol–water partition coefficient (Wildman–Crippen LogP) is 3.36. The molecule has 3 aromatic rings. The van der Waals surface area contributed by atoms with Gasteiger partial charge in [-0.1, -0.05) is 18.2 Å². The second-order valence-electron chi connectivity index (χ2n) is 8.01. The molecule has 1 N–H and O–H groups in total. The van der Waals surface area contributed by atoms with Gasteiger partial charge in [0.25, 0.3) is 5.91 Å². The van der Waals surface area contributed by atoms with Gasteiger partial charge in [0.1, 0.15) is 17.5 Å². The number of benzene rings is 2. The minimum Gasteiger partial charge on any atom is -0.502 e. The molecule has 0 bridgehead atoms. The Bertz CT molecular complexity index is 1260. The van der Waals surface area contributed by atoms with E-state index in [1.807, 2.05) is 0 Å². The Balaban J connectivity index is 1.82. The van der Waals surface area contributed by atoms with Crippen molar-refractivity contribution in [2.45, 2.75) is 30.8 Å². The summed E-state index contributed by atoms with van der Waals surface area (Å²) in [6.45, 7) is 0.373. The highest BCUT2D eigenvalue weighted by Crippen LogP contribution is 2.46. The number of fused-ring (bicyclic) bond motifs is 2. The van der Waals surface area contributed by atoms with Gasteiger partial charge in [0, 0.05) is 18.0 Å². The van der Waals surface area contributed by atoms with Gasteiger partial charge in [-0.15, -0.1) is 0 Å². The maximum absolute atomic E-state index is 15.0. The van der Waals surface area contributed by atoms with Crippen LogP contribution < -0.4 is 5.43 Å². The van der Waals surface area contributed by atoms with Crippen LogP contribution in [0.2, 0.25) is 0 Å². The Hall–Kier alpha value is -3.62. The number of carbonyl (C=O) groups excluding carboxylic acids is 1. The molecule has 3 atom stereocenters. The van der Waals surface area contributed by atoms with E-state index in [9.17, 15) is 19.1 Å². The molecule has 1 saturated heterocycles. The molecular formula is C23H18F3N3O3. The summed E-state index contributed by atoms with van der Waals surface area (Å²) in [4.78, 5) is 26.6. The molecule has 164 valence electrons. The first kappa shape index (κ1) is 20.3. The van der Waals surface area contributed by atoms with E-state index in [0.29, 0.717) is 24.9 Å². The van der Waals surface area contributed by atoms with Crippen molar-refractivity contribution in [3.05, 3.63) is 93.2 Å². The van der Waals surface area contributed by atoms with Crippen LogP contribution in [-0.4, -0.2) is 38.3 Å². The Labute approximate surface area is 180 Å². The van der Waals surface area contributed by atoms with E-state index < -0.39 is 52.5 Å². The van der Waals surface area contributed by atoms with Crippen LogP contribution in [0.5, 0.6) is 5.75 Å². The van der Waals surface area contributed by atoms with E-state index in [0.717, 1.165) is 18.3 Å². The third-order valence-corrected chi connectivity index (χ3v) is 6.31. The molecule has 5 rings (SSSR count). The molecule has 2 aromatic carbocycles. The minimum atomic E-state index is -1.01. The Morgan fingerprint density at radius 2 is 1.72 bits per heavy atom. The number of aromatic hydroxyl groups is 1. The van der Waals surface area contributed by atoms with Crippen molar-refractivity contribution in [3.63, 3.8) is 0 Å². The van der Waals surface area contributed by atoms with E-state index in [1.54, 1.807) is 0 Å². The van der Waals surface area contributed by atoms with Crippen molar-refractivity contribution in [1.29, 1.82) is 0 Å². The topological polar surface area (TPSA) is 75.4 Å². The summed E-state index contributed by atoms with van der Waals surface area (Å²) in [5.41, 5.74) is -0.982. The highest BCUT2D eigenvalue weighted by atomic mass is 19.1. The van der Waals surface area contributed by atoms with E-state index in [4.69, 9.17) is 0 Å². The lowest BCUT2D eigenvalue weighted by atomic mass is 9.79. The van der Waals surface area contributed by atoms with Crippen molar-refractivity contribution < 1.29 is 23.1 Å². The average Bonchev–Trinajstić information content (AvgIpc) is 3.25. The molecule has 0 saturated carbocycles. The number of carbonyl (C=O) groups is 1. The first-order chi connectivity index (χ1) is 15.4. The summed E-state index contributed by atoms with van der Waals surface area (Å²) in [6, 6.07) is 7.44. The van der Waals surface area contributed by atoms with Crippen molar-refractivity contribution in [2.75, 3.05) is 6.54 Å². The van der Waals surface area contributed by atoms with Crippen molar-refractivity contribution in [1.82, 2.24) is 14.7 Å². The molecule has 6 nitrogen and oxygen atoms in total. The smallest absolute Gasteiger partial charge is 0.276 e. The van der Waals surface area contributed by atoms with Gasteiger partial charge in [-0.2, -0.15) is 5.10 Å². The van der Waals surface area contributed by atoms with Gasteiger partial charge in [0.05, 0.1) is 18.3 Å². The SMILES string of the molecule is O=C1c2c(O)c(=O)cnn2[C@@H]([C@H](c2ccc(F)cc2)c2c(F)cccc2F)[C@H]2CCCN12. The fourth-order valence-corrected chi connectivity index (χ4v) is 4.96. The van der Waals surface area contributed by atoms with Gasteiger partial charge in [-0.3, -0.25) is 14.3 Å². The summed E-state index contributed by atoms with van der Waals surface area (Å²) in [6.07, 6.45) is 2.06. The molecule has 32 heavy (non-hydrogen) atoms. The van der Waals surface area contributed by atoms with E-state index >= 15 is 8.78 Å². The van der Waals surface area contributed by atoms with Crippen LogP contribution in [0.3, 0.4) is 0 Å². The normalized spacial score (nSPS) is 20.7.